The average molecular weight is 424 g/mol. The number of halogens is 2. The molecule has 2 N–H and O–H groups in total. The molecule has 1 saturated heterocycles. The van der Waals surface area contributed by atoms with E-state index in [-0.39, 0.29) is 18.3 Å². The first kappa shape index (κ1) is 18.7. The Labute approximate surface area is 146 Å². The third-order valence-corrected chi connectivity index (χ3v) is 4.42. The fourth-order valence-corrected chi connectivity index (χ4v) is 3.36. The normalized spacial score (nSPS) is 18.3. The highest BCUT2D eigenvalue weighted by atomic mass is 127. The minimum atomic E-state index is 0. The number of hydrogen-bond acceptors (Lipinski definition) is 3. The largest absolute Gasteiger partial charge is 0.325 e. The van der Waals surface area contributed by atoms with Crippen LogP contribution in [0.3, 0.4) is 0 Å². The van der Waals surface area contributed by atoms with E-state index in [0.717, 1.165) is 24.3 Å². The van der Waals surface area contributed by atoms with Crippen LogP contribution in [0.4, 0.5) is 5.69 Å². The second kappa shape index (κ2) is 8.92. The van der Waals surface area contributed by atoms with Crippen molar-refractivity contribution in [2.45, 2.75) is 25.8 Å². The van der Waals surface area contributed by atoms with E-state index in [0.29, 0.717) is 12.6 Å². The number of amides is 1. The van der Waals surface area contributed by atoms with Crippen LogP contribution in [0.15, 0.2) is 18.2 Å². The van der Waals surface area contributed by atoms with Crippen molar-refractivity contribution in [1.29, 1.82) is 0 Å². The maximum Gasteiger partial charge on any atom is 0.238 e. The summed E-state index contributed by atoms with van der Waals surface area (Å²) in [6.07, 6.45) is 2.36. The number of hydrogen-bond donors (Lipinski definition) is 2. The highest BCUT2D eigenvalue weighted by Crippen LogP contribution is 2.19. The summed E-state index contributed by atoms with van der Waals surface area (Å²) in [7, 11) is 1.96. The van der Waals surface area contributed by atoms with Crippen molar-refractivity contribution in [3.05, 3.63) is 27.3 Å². The molecule has 21 heavy (non-hydrogen) atoms. The predicted molar refractivity (Wildman–Crippen MR) is 98.3 cm³/mol. The van der Waals surface area contributed by atoms with Gasteiger partial charge in [0.05, 0.1) is 6.54 Å². The molecule has 1 heterocycles. The SMILES string of the molecule is CNCC1CCCN1CC(=O)Nc1ccc(I)cc1C.Cl. The van der Waals surface area contributed by atoms with E-state index < -0.39 is 0 Å². The number of anilines is 1. The molecule has 1 atom stereocenters. The topological polar surface area (TPSA) is 44.4 Å². The zero-order chi connectivity index (χ0) is 14.5. The van der Waals surface area contributed by atoms with Crippen molar-refractivity contribution in [3.8, 4) is 0 Å². The molecular formula is C15H23ClIN3O. The number of likely N-dealkylation sites (N-methyl/N-ethyl adjacent to an activating group) is 1. The van der Waals surface area contributed by atoms with E-state index in [4.69, 9.17) is 0 Å². The van der Waals surface area contributed by atoms with Crippen LogP contribution in [0.5, 0.6) is 0 Å². The van der Waals surface area contributed by atoms with Crippen LogP contribution in [-0.2, 0) is 4.79 Å². The smallest absolute Gasteiger partial charge is 0.238 e. The molecule has 6 heteroatoms. The van der Waals surface area contributed by atoms with Crippen molar-refractivity contribution < 1.29 is 4.79 Å². The van der Waals surface area contributed by atoms with Gasteiger partial charge in [-0.2, -0.15) is 0 Å². The van der Waals surface area contributed by atoms with Gasteiger partial charge >= 0.3 is 0 Å². The quantitative estimate of drug-likeness (QED) is 0.716. The summed E-state index contributed by atoms with van der Waals surface area (Å²) in [5, 5.41) is 6.23. The van der Waals surface area contributed by atoms with Crippen LogP contribution in [0.25, 0.3) is 0 Å². The maximum atomic E-state index is 12.2. The summed E-state index contributed by atoms with van der Waals surface area (Å²) in [6.45, 7) is 4.48. The number of nitrogens with one attached hydrogen (secondary N) is 2. The van der Waals surface area contributed by atoms with Crippen molar-refractivity contribution in [2.75, 3.05) is 32.0 Å². The Hall–Kier alpha value is -0.370. The van der Waals surface area contributed by atoms with Gasteiger partial charge in [-0.25, -0.2) is 0 Å². The van der Waals surface area contributed by atoms with Crippen LogP contribution in [0.1, 0.15) is 18.4 Å². The number of carbonyl (C=O) groups is 1. The van der Waals surface area contributed by atoms with E-state index in [2.05, 4.69) is 44.2 Å². The molecule has 2 rings (SSSR count). The second-order valence-electron chi connectivity index (χ2n) is 5.33. The Balaban J connectivity index is 0.00000220. The first-order chi connectivity index (χ1) is 9.60. The van der Waals surface area contributed by atoms with Gasteiger partial charge in [-0.05, 0) is 79.7 Å². The molecule has 0 radical (unpaired) electrons. The zero-order valence-electron chi connectivity index (χ0n) is 12.5. The molecule has 1 unspecified atom stereocenters. The summed E-state index contributed by atoms with van der Waals surface area (Å²) < 4.78 is 1.19. The second-order valence-corrected chi connectivity index (χ2v) is 6.58. The summed E-state index contributed by atoms with van der Waals surface area (Å²) in [6, 6.07) is 6.56. The number of aryl methyl sites for hydroxylation is 1. The lowest BCUT2D eigenvalue weighted by molar-refractivity contribution is -0.117. The number of rotatable bonds is 5. The molecule has 0 aliphatic carbocycles. The van der Waals surface area contributed by atoms with Crippen LogP contribution < -0.4 is 10.6 Å². The minimum Gasteiger partial charge on any atom is -0.325 e. The van der Waals surface area contributed by atoms with Gasteiger partial charge in [0, 0.05) is 21.8 Å². The molecule has 1 aliphatic heterocycles. The summed E-state index contributed by atoms with van der Waals surface area (Å²) >= 11 is 2.28. The van der Waals surface area contributed by atoms with Gasteiger partial charge in [0.25, 0.3) is 0 Å². The number of nitrogens with zero attached hydrogens (tertiary/aromatic N) is 1. The lowest BCUT2D eigenvalue weighted by atomic mass is 10.2. The predicted octanol–water partition coefficient (Wildman–Crippen LogP) is 2.64. The summed E-state index contributed by atoms with van der Waals surface area (Å²) in [5.41, 5.74) is 2.03. The van der Waals surface area contributed by atoms with E-state index in [1.54, 1.807) is 0 Å². The highest BCUT2D eigenvalue weighted by molar-refractivity contribution is 14.1. The molecule has 1 aliphatic rings. The molecule has 1 aromatic carbocycles. The fourth-order valence-electron chi connectivity index (χ4n) is 2.71. The molecule has 118 valence electrons. The number of carbonyl (C=O) groups excluding carboxylic acids is 1. The molecule has 1 amide bonds. The molecule has 0 saturated carbocycles. The van der Waals surface area contributed by atoms with Crippen LogP contribution in [-0.4, -0.2) is 43.5 Å². The van der Waals surface area contributed by atoms with Gasteiger partial charge in [-0.15, -0.1) is 12.4 Å². The van der Waals surface area contributed by atoms with E-state index in [9.17, 15) is 4.79 Å². The van der Waals surface area contributed by atoms with Crippen LogP contribution in [0, 0.1) is 10.5 Å². The Bertz CT molecular complexity index is 484. The Morgan fingerprint density at radius 1 is 1.48 bits per heavy atom. The van der Waals surface area contributed by atoms with Crippen molar-refractivity contribution in [1.82, 2.24) is 10.2 Å². The molecule has 0 bridgehead atoms. The van der Waals surface area contributed by atoms with Crippen molar-refractivity contribution >= 4 is 46.6 Å². The fraction of sp³-hybridized carbons (Fsp3) is 0.533. The first-order valence-electron chi connectivity index (χ1n) is 7.05. The van der Waals surface area contributed by atoms with Gasteiger partial charge in [0.2, 0.25) is 5.91 Å². The van der Waals surface area contributed by atoms with E-state index in [1.165, 1.54) is 16.4 Å². The van der Waals surface area contributed by atoms with Crippen LogP contribution >= 0.6 is 35.0 Å². The zero-order valence-corrected chi connectivity index (χ0v) is 15.5. The highest BCUT2D eigenvalue weighted by Gasteiger charge is 2.25. The minimum absolute atomic E-state index is 0. The van der Waals surface area contributed by atoms with E-state index in [1.807, 2.05) is 26.1 Å². The molecule has 1 fully saturated rings. The Morgan fingerprint density at radius 3 is 2.90 bits per heavy atom. The third kappa shape index (κ3) is 5.39. The lowest BCUT2D eigenvalue weighted by Crippen LogP contribution is -2.41. The number of likely N-dealkylation sites (tertiary alicyclic amines) is 1. The lowest BCUT2D eigenvalue weighted by Gasteiger charge is -2.23. The van der Waals surface area contributed by atoms with Crippen LogP contribution in [0.2, 0.25) is 0 Å². The average Bonchev–Trinajstić information content (AvgIpc) is 2.81. The molecule has 1 aromatic rings. The third-order valence-electron chi connectivity index (χ3n) is 3.75. The summed E-state index contributed by atoms with van der Waals surface area (Å²) in [4.78, 5) is 14.5. The maximum absolute atomic E-state index is 12.2. The van der Waals surface area contributed by atoms with Gasteiger partial charge in [0.1, 0.15) is 0 Å². The molecule has 0 aromatic heterocycles. The van der Waals surface area contributed by atoms with E-state index >= 15 is 0 Å². The van der Waals surface area contributed by atoms with Gasteiger partial charge in [-0.3, -0.25) is 9.69 Å². The van der Waals surface area contributed by atoms with Crippen molar-refractivity contribution in [3.63, 3.8) is 0 Å². The van der Waals surface area contributed by atoms with Gasteiger partial charge in [-0.1, -0.05) is 0 Å². The number of benzene rings is 1. The molecule has 4 nitrogen and oxygen atoms in total. The Kier molecular flexibility index (Phi) is 7.94. The van der Waals surface area contributed by atoms with Gasteiger partial charge < -0.3 is 10.6 Å². The summed E-state index contributed by atoms with van der Waals surface area (Å²) in [5.74, 6) is 0.0808. The first-order valence-corrected chi connectivity index (χ1v) is 8.12. The molecule has 0 spiro atoms. The monoisotopic (exact) mass is 423 g/mol. The Morgan fingerprint density at radius 2 is 2.24 bits per heavy atom. The van der Waals surface area contributed by atoms with Crippen molar-refractivity contribution in [2.24, 2.45) is 0 Å². The standard InChI is InChI=1S/C15H22IN3O.ClH/c1-11-8-12(16)5-6-14(11)18-15(20)10-19-7-3-4-13(19)9-17-2;/h5-6,8,13,17H,3-4,7,9-10H2,1-2H3,(H,18,20);1H. The van der Waals surface area contributed by atoms with Gasteiger partial charge in [0.15, 0.2) is 0 Å². The molecular weight excluding hydrogens is 401 g/mol.